The second kappa shape index (κ2) is 7.94. The molecule has 1 atom stereocenters. The summed E-state index contributed by atoms with van der Waals surface area (Å²) in [5.41, 5.74) is 2.33. The average molecular weight is 318 g/mol. The van der Waals surface area contributed by atoms with Crippen molar-refractivity contribution in [2.45, 2.75) is 39.2 Å². The highest BCUT2D eigenvalue weighted by Gasteiger charge is 2.30. The summed E-state index contributed by atoms with van der Waals surface area (Å²) < 4.78 is 5.42. The molecule has 0 unspecified atom stereocenters. The van der Waals surface area contributed by atoms with Gasteiger partial charge in [-0.1, -0.05) is 50.1 Å². The summed E-state index contributed by atoms with van der Waals surface area (Å²) in [6.07, 6.45) is 3.06. The zero-order chi connectivity index (χ0) is 15.9. The number of rotatable bonds is 6. The van der Waals surface area contributed by atoms with Crippen molar-refractivity contribution in [1.29, 1.82) is 0 Å². The summed E-state index contributed by atoms with van der Waals surface area (Å²) in [4.78, 5) is 12.5. The van der Waals surface area contributed by atoms with E-state index in [1.54, 1.807) is 0 Å². The molecule has 0 aromatic heterocycles. The third kappa shape index (κ3) is 4.07. The maximum atomic E-state index is 12.5. The number of ether oxygens (including phenoxy) is 1. The Labute approximate surface area is 136 Å². The Bertz CT molecular complexity index is 569. The molecule has 2 N–H and O–H groups in total. The van der Waals surface area contributed by atoms with Gasteiger partial charge < -0.3 is 15.4 Å². The molecule has 0 saturated carbocycles. The highest BCUT2D eigenvalue weighted by Crippen LogP contribution is 2.27. The van der Waals surface area contributed by atoms with Gasteiger partial charge in [-0.2, -0.15) is 0 Å². The van der Waals surface area contributed by atoms with Crippen molar-refractivity contribution < 1.29 is 9.53 Å². The summed E-state index contributed by atoms with van der Waals surface area (Å²) in [6.45, 7) is 4.43. The molecular formula is C17H22N2O2S. The lowest BCUT2D eigenvalue weighted by Gasteiger charge is -2.29. The lowest BCUT2D eigenvalue weighted by molar-refractivity contribution is -0.139. The summed E-state index contributed by atoms with van der Waals surface area (Å²) in [5.74, 6) is -0.287. The molecule has 4 nitrogen and oxygen atoms in total. The molecule has 0 fully saturated rings. The van der Waals surface area contributed by atoms with Gasteiger partial charge in [0.25, 0.3) is 0 Å². The van der Waals surface area contributed by atoms with Gasteiger partial charge >= 0.3 is 5.97 Å². The molecule has 1 heterocycles. The van der Waals surface area contributed by atoms with E-state index >= 15 is 0 Å². The molecule has 0 amide bonds. The second-order valence-electron chi connectivity index (χ2n) is 5.32. The predicted molar refractivity (Wildman–Crippen MR) is 91.2 cm³/mol. The Morgan fingerprint density at radius 1 is 1.27 bits per heavy atom. The van der Waals surface area contributed by atoms with Crippen molar-refractivity contribution in [3.63, 3.8) is 0 Å². The third-order valence-corrected chi connectivity index (χ3v) is 3.82. The molecule has 1 aliphatic rings. The zero-order valence-electron chi connectivity index (χ0n) is 13.0. The first-order valence-electron chi connectivity index (χ1n) is 7.63. The van der Waals surface area contributed by atoms with Crippen LogP contribution in [0.2, 0.25) is 0 Å². The molecule has 0 aliphatic carbocycles. The lowest BCUT2D eigenvalue weighted by Crippen LogP contribution is -2.45. The highest BCUT2D eigenvalue weighted by molar-refractivity contribution is 7.80. The number of hydrogen-bond donors (Lipinski definition) is 2. The Kier molecular flexibility index (Phi) is 5.95. The SMILES string of the molecule is CCCCCOC(=O)C1=C(C)NC(=S)N[C@@H]1c1ccccc1. The fourth-order valence-corrected chi connectivity index (χ4v) is 2.73. The van der Waals surface area contributed by atoms with Crippen LogP contribution in [0.15, 0.2) is 41.6 Å². The molecule has 0 saturated heterocycles. The number of benzene rings is 1. The van der Waals surface area contributed by atoms with Crippen molar-refractivity contribution in [3.05, 3.63) is 47.2 Å². The fraction of sp³-hybridized carbons (Fsp3) is 0.412. The second-order valence-corrected chi connectivity index (χ2v) is 5.73. The van der Waals surface area contributed by atoms with Crippen molar-refractivity contribution >= 4 is 23.3 Å². The van der Waals surface area contributed by atoms with Crippen LogP contribution in [-0.2, 0) is 9.53 Å². The van der Waals surface area contributed by atoms with E-state index in [1.165, 1.54) is 0 Å². The number of carbonyl (C=O) groups is 1. The minimum Gasteiger partial charge on any atom is -0.462 e. The molecule has 1 aromatic carbocycles. The van der Waals surface area contributed by atoms with E-state index in [1.807, 2.05) is 37.3 Å². The maximum absolute atomic E-state index is 12.5. The average Bonchev–Trinajstić information content (AvgIpc) is 2.51. The van der Waals surface area contributed by atoms with Gasteiger partial charge in [-0.25, -0.2) is 4.79 Å². The largest absolute Gasteiger partial charge is 0.462 e. The van der Waals surface area contributed by atoms with E-state index in [4.69, 9.17) is 17.0 Å². The van der Waals surface area contributed by atoms with Gasteiger partial charge in [0, 0.05) is 5.70 Å². The Hall–Kier alpha value is -1.88. The van der Waals surface area contributed by atoms with Crippen molar-refractivity contribution in [2.24, 2.45) is 0 Å². The van der Waals surface area contributed by atoms with Gasteiger partial charge in [0.15, 0.2) is 5.11 Å². The van der Waals surface area contributed by atoms with Gasteiger partial charge in [-0.3, -0.25) is 0 Å². The normalized spacial score (nSPS) is 17.7. The van der Waals surface area contributed by atoms with Gasteiger partial charge in [0.1, 0.15) is 0 Å². The topological polar surface area (TPSA) is 50.4 Å². The number of thiocarbonyl (C=S) groups is 1. The third-order valence-electron chi connectivity index (χ3n) is 3.60. The number of unbranched alkanes of at least 4 members (excludes halogenated alkanes) is 2. The van der Waals surface area contributed by atoms with E-state index < -0.39 is 0 Å². The van der Waals surface area contributed by atoms with Gasteiger partial charge in [-0.15, -0.1) is 0 Å². The van der Waals surface area contributed by atoms with E-state index in [0.717, 1.165) is 30.5 Å². The van der Waals surface area contributed by atoms with Gasteiger partial charge in [0.2, 0.25) is 0 Å². The molecule has 0 radical (unpaired) electrons. The number of allylic oxidation sites excluding steroid dienone is 1. The Balaban J connectivity index is 2.18. The molecule has 2 rings (SSSR count). The maximum Gasteiger partial charge on any atom is 0.338 e. The van der Waals surface area contributed by atoms with E-state index in [9.17, 15) is 4.79 Å². The molecular weight excluding hydrogens is 296 g/mol. The predicted octanol–water partition coefficient (Wildman–Crippen LogP) is 3.21. The van der Waals surface area contributed by atoms with E-state index in [-0.39, 0.29) is 12.0 Å². The smallest absolute Gasteiger partial charge is 0.338 e. The lowest BCUT2D eigenvalue weighted by atomic mass is 9.96. The molecule has 1 aromatic rings. The van der Waals surface area contributed by atoms with Crippen molar-refractivity contribution in [2.75, 3.05) is 6.61 Å². The van der Waals surface area contributed by atoms with E-state index in [0.29, 0.717) is 17.3 Å². The van der Waals surface area contributed by atoms with Crippen LogP contribution < -0.4 is 10.6 Å². The van der Waals surface area contributed by atoms with Crippen LogP contribution in [0, 0.1) is 0 Å². The van der Waals surface area contributed by atoms with Crippen LogP contribution >= 0.6 is 12.2 Å². The molecule has 118 valence electrons. The zero-order valence-corrected chi connectivity index (χ0v) is 13.8. The van der Waals surface area contributed by atoms with Crippen LogP contribution in [0.1, 0.15) is 44.7 Å². The van der Waals surface area contributed by atoms with Gasteiger partial charge in [-0.05, 0) is 31.1 Å². The number of nitrogens with one attached hydrogen (secondary N) is 2. The summed E-state index contributed by atoms with van der Waals surface area (Å²) >= 11 is 5.21. The first-order chi connectivity index (χ1) is 10.6. The minimum absolute atomic E-state index is 0.270. The van der Waals surface area contributed by atoms with E-state index in [2.05, 4.69) is 17.6 Å². The van der Waals surface area contributed by atoms with Crippen molar-refractivity contribution in [1.82, 2.24) is 10.6 Å². The first-order valence-corrected chi connectivity index (χ1v) is 8.04. The number of carbonyl (C=O) groups excluding carboxylic acids is 1. The summed E-state index contributed by atoms with van der Waals surface area (Å²) in [5, 5.41) is 6.69. The van der Waals surface area contributed by atoms with Gasteiger partial charge in [0.05, 0.1) is 18.2 Å². The molecule has 0 spiro atoms. The van der Waals surface area contributed by atoms with Crippen LogP contribution in [0.4, 0.5) is 0 Å². The standard InChI is InChI=1S/C17H22N2O2S/c1-3-4-8-11-21-16(20)14-12(2)18-17(22)19-15(14)13-9-6-5-7-10-13/h5-7,9-10,15H,3-4,8,11H2,1-2H3,(H2,18,19,22)/t15-/m1/s1. The molecule has 1 aliphatic heterocycles. The van der Waals surface area contributed by atoms with Crippen molar-refractivity contribution in [3.8, 4) is 0 Å². The Morgan fingerprint density at radius 2 is 2.00 bits per heavy atom. The van der Waals surface area contributed by atoms with Crippen LogP contribution in [-0.4, -0.2) is 17.7 Å². The molecule has 5 heteroatoms. The molecule has 22 heavy (non-hydrogen) atoms. The molecule has 0 bridgehead atoms. The Morgan fingerprint density at radius 3 is 2.68 bits per heavy atom. The first kappa shape index (κ1) is 16.5. The minimum atomic E-state index is -0.287. The highest BCUT2D eigenvalue weighted by atomic mass is 32.1. The summed E-state index contributed by atoms with van der Waals surface area (Å²) in [7, 11) is 0. The van der Waals surface area contributed by atoms with Crippen LogP contribution in [0.5, 0.6) is 0 Å². The number of hydrogen-bond acceptors (Lipinski definition) is 3. The monoisotopic (exact) mass is 318 g/mol. The number of esters is 1. The quantitative estimate of drug-likeness (QED) is 0.479. The summed E-state index contributed by atoms with van der Waals surface area (Å²) in [6, 6.07) is 9.52. The van der Waals surface area contributed by atoms with Crippen LogP contribution in [0.25, 0.3) is 0 Å². The van der Waals surface area contributed by atoms with Crippen LogP contribution in [0.3, 0.4) is 0 Å². The fourth-order valence-electron chi connectivity index (χ4n) is 2.45.